The van der Waals surface area contributed by atoms with Crippen LogP contribution in [0.25, 0.3) is 11.0 Å². The molecule has 0 atom stereocenters. The van der Waals surface area contributed by atoms with E-state index in [1.807, 2.05) is 12.1 Å². The Morgan fingerprint density at radius 3 is 2.83 bits per heavy atom. The number of carbonyl (C=O) groups is 2. The summed E-state index contributed by atoms with van der Waals surface area (Å²) in [4.78, 5) is 33.2. The lowest BCUT2D eigenvalue weighted by molar-refractivity contribution is 0.0832. The Morgan fingerprint density at radius 2 is 2.12 bits per heavy atom. The Labute approximate surface area is 138 Å². The molecule has 3 aromatic heterocycles. The SMILES string of the molecule is CNC(=O)N(C)C(=O)c1cnc2c(cnn2Cc2cccnc2)c1. The first-order valence-corrected chi connectivity index (χ1v) is 7.30. The van der Waals surface area contributed by atoms with Crippen molar-refractivity contribution in [2.75, 3.05) is 14.1 Å². The molecule has 0 radical (unpaired) electrons. The van der Waals surface area contributed by atoms with Crippen molar-refractivity contribution in [1.29, 1.82) is 0 Å². The number of rotatable bonds is 3. The molecule has 8 heteroatoms. The van der Waals surface area contributed by atoms with Gasteiger partial charge in [0.1, 0.15) is 0 Å². The molecular formula is C16H16N6O2. The second-order valence-electron chi connectivity index (χ2n) is 5.22. The first kappa shape index (κ1) is 15.6. The van der Waals surface area contributed by atoms with E-state index in [0.29, 0.717) is 17.8 Å². The third-order valence-electron chi connectivity index (χ3n) is 3.60. The zero-order valence-corrected chi connectivity index (χ0v) is 13.3. The van der Waals surface area contributed by atoms with Gasteiger partial charge in [-0.2, -0.15) is 5.10 Å². The van der Waals surface area contributed by atoms with E-state index in [1.54, 1.807) is 29.3 Å². The quantitative estimate of drug-likeness (QED) is 0.783. The Morgan fingerprint density at radius 1 is 1.29 bits per heavy atom. The molecule has 0 saturated carbocycles. The molecule has 1 N–H and O–H groups in total. The molecule has 0 bridgehead atoms. The van der Waals surface area contributed by atoms with E-state index in [2.05, 4.69) is 20.4 Å². The van der Waals surface area contributed by atoms with Gasteiger partial charge in [0.05, 0.1) is 18.3 Å². The molecule has 3 heterocycles. The minimum atomic E-state index is -0.479. The van der Waals surface area contributed by atoms with E-state index >= 15 is 0 Å². The number of nitrogens with one attached hydrogen (secondary N) is 1. The Kier molecular flexibility index (Phi) is 4.19. The van der Waals surface area contributed by atoms with E-state index < -0.39 is 11.9 Å². The number of pyridine rings is 2. The summed E-state index contributed by atoms with van der Waals surface area (Å²) in [6.45, 7) is 0.537. The van der Waals surface area contributed by atoms with Gasteiger partial charge >= 0.3 is 6.03 Å². The third kappa shape index (κ3) is 2.94. The standard InChI is InChI=1S/C16H16N6O2/c1-17-16(24)21(2)15(23)13-6-12-9-20-22(14(12)19-8-13)10-11-4-3-5-18-7-11/h3-9H,10H2,1-2H3,(H,17,24). The average molecular weight is 324 g/mol. The molecule has 0 spiro atoms. The Balaban J connectivity index is 1.88. The normalized spacial score (nSPS) is 10.6. The smallest absolute Gasteiger partial charge is 0.323 e. The molecule has 8 nitrogen and oxygen atoms in total. The van der Waals surface area contributed by atoms with Gasteiger partial charge < -0.3 is 5.32 Å². The first-order valence-electron chi connectivity index (χ1n) is 7.30. The third-order valence-corrected chi connectivity index (χ3v) is 3.60. The summed E-state index contributed by atoms with van der Waals surface area (Å²) in [6.07, 6.45) is 6.58. The number of fused-ring (bicyclic) bond motifs is 1. The van der Waals surface area contributed by atoms with Crippen molar-refractivity contribution in [3.8, 4) is 0 Å². The molecule has 0 aliphatic carbocycles. The van der Waals surface area contributed by atoms with Crippen molar-refractivity contribution < 1.29 is 9.59 Å². The van der Waals surface area contributed by atoms with Gasteiger partial charge in [0.25, 0.3) is 5.91 Å². The highest BCUT2D eigenvalue weighted by molar-refractivity contribution is 6.05. The fourth-order valence-electron chi connectivity index (χ4n) is 2.32. The van der Waals surface area contributed by atoms with Gasteiger partial charge in [-0.3, -0.25) is 14.7 Å². The van der Waals surface area contributed by atoms with Crippen molar-refractivity contribution in [1.82, 2.24) is 30.0 Å². The molecule has 24 heavy (non-hydrogen) atoms. The van der Waals surface area contributed by atoms with Crippen molar-refractivity contribution >= 4 is 23.0 Å². The van der Waals surface area contributed by atoms with E-state index in [0.717, 1.165) is 15.8 Å². The van der Waals surface area contributed by atoms with E-state index in [9.17, 15) is 9.59 Å². The summed E-state index contributed by atoms with van der Waals surface area (Å²) in [7, 11) is 2.88. The number of hydrogen-bond acceptors (Lipinski definition) is 5. The fraction of sp³-hybridized carbons (Fsp3) is 0.188. The highest BCUT2D eigenvalue weighted by Crippen LogP contribution is 2.15. The van der Waals surface area contributed by atoms with Crippen LogP contribution in [0.4, 0.5) is 4.79 Å². The topological polar surface area (TPSA) is 93.0 Å². The Bertz CT molecular complexity index is 890. The van der Waals surface area contributed by atoms with E-state index in [-0.39, 0.29) is 0 Å². The number of hydrogen-bond donors (Lipinski definition) is 1. The summed E-state index contributed by atoms with van der Waals surface area (Å²) in [5.41, 5.74) is 2.00. The predicted molar refractivity (Wildman–Crippen MR) is 87.4 cm³/mol. The second kappa shape index (κ2) is 6.45. The van der Waals surface area contributed by atoms with Gasteiger partial charge in [-0.25, -0.2) is 14.5 Å². The van der Waals surface area contributed by atoms with Gasteiger partial charge in [0.15, 0.2) is 5.65 Å². The van der Waals surface area contributed by atoms with Gasteiger partial charge in [-0.15, -0.1) is 0 Å². The zero-order chi connectivity index (χ0) is 17.1. The van der Waals surface area contributed by atoms with Crippen LogP contribution in [0.1, 0.15) is 15.9 Å². The molecule has 0 aliphatic heterocycles. The van der Waals surface area contributed by atoms with Gasteiger partial charge in [0.2, 0.25) is 0 Å². The Hall–Kier alpha value is -3.29. The molecule has 3 rings (SSSR count). The molecular weight excluding hydrogens is 308 g/mol. The molecule has 3 aromatic rings. The molecule has 0 aromatic carbocycles. The summed E-state index contributed by atoms with van der Waals surface area (Å²) in [5, 5.41) is 7.45. The fourth-order valence-corrected chi connectivity index (χ4v) is 2.32. The van der Waals surface area contributed by atoms with Crippen LogP contribution in [0.15, 0.2) is 43.0 Å². The second-order valence-corrected chi connectivity index (χ2v) is 5.22. The largest absolute Gasteiger partial charge is 0.341 e. The molecule has 122 valence electrons. The number of nitrogens with zero attached hydrogens (tertiary/aromatic N) is 5. The summed E-state index contributed by atoms with van der Waals surface area (Å²) in [6, 6.07) is 5.01. The van der Waals surface area contributed by atoms with Crippen molar-refractivity contribution in [2.24, 2.45) is 0 Å². The lowest BCUT2D eigenvalue weighted by atomic mass is 10.2. The van der Waals surface area contributed by atoms with E-state index in [1.165, 1.54) is 20.3 Å². The lowest BCUT2D eigenvalue weighted by Gasteiger charge is -2.14. The van der Waals surface area contributed by atoms with E-state index in [4.69, 9.17) is 0 Å². The molecule has 3 amide bonds. The number of imide groups is 1. The summed E-state index contributed by atoms with van der Waals surface area (Å²) < 4.78 is 1.74. The summed E-state index contributed by atoms with van der Waals surface area (Å²) >= 11 is 0. The minimum Gasteiger partial charge on any atom is -0.341 e. The maximum atomic E-state index is 12.3. The number of carbonyl (C=O) groups excluding carboxylic acids is 2. The van der Waals surface area contributed by atoms with Gasteiger partial charge in [0, 0.05) is 38.1 Å². The van der Waals surface area contributed by atoms with Crippen LogP contribution in [-0.4, -0.2) is 50.7 Å². The predicted octanol–water partition coefficient (Wildman–Crippen LogP) is 1.29. The lowest BCUT2D eigenvalue weighted by Crippen LogP contribution is -2.39. The van der Waals surface area contributed by atoms with Crippen LogP contribution in [0.3, 0.4) is 0 Å². The summed E-state index contributed by atoms with van der Waals surface area (Å²) in [5.74, 6) is -0.427. The number of aromatic nitrogens is 4. The van der Waals surface area contributed by atoms with Crippen LogP contribution >= 0.6 is 0 Å². The highest BCUT2D eigenvalue weighted by atomic mass is 16.2. The monoisotopic (exact) mass is 324 g/mol. The van der Waals surface area contributed by atoms with Crippen LogP contribution in [0.2, 0.25) is 0 Å². The molecule has 0 unspecified atom stereocenters. The average Bonchev–Trinajstić information content (AvgIpc) is 3.02. The van der Waals surface area contributed by atoms with Gasteiger partial charge in [-0.1, -0.05) is 6.07 Å². The molecule has 0 aliphatic rings. The minimum absolute atomic E-state index is 0.328. The zero-order valence-electron chi connectivity index (χ0n) is 13.3. The first-order chi connectivity index (χ1) is 11.6. The van der Waals surface area contributed by atoms with Crippen LogP contribution < -0.4 is 5.32 Å². The maximum absolute atomic E-state index is 12.3. The number of amides is 3. The van der Waals surface area contributed by atoms with Crippen molar-refractivity contribution in [3.05, 3.63) is 54.1 Å². The van der Waals surface area contributed by atoms with Crippen molar-refractivity contribution in [3.63, 3.8) is 0 Å². The maximum Gasteiger partial charge on any atom is 0.323 e. The van der Waals surface area contributed by atoms with Crippen LogP contribution in [0, 0.1) is 0 Å². The van der Waals surface area contributed by atoms with Crippen molar-refractivity contribution in [2.45, 2.75) is 6.54 Å². The highest BCUT2D eigenvalue weighted by Gasteiger charge is 2.18. The molecule has 0 saturated heterocycles. The van der Waals surface area contributed by atoms with Crippen LogP contribution in [-0.2, 0) is 6.54 Å². The van der Waals surface area contributed by atoms with Gasteiger partial charge in [-0.05, 0) is 17.7 Å². The van der Waals surface area contributed by atoms with Crippen LogP contribution in [0.5, 0.6) is 0 Å². The molecule has 0 fully saturated rings. The number of urea groups is 1.